The molecule has 9 heteroatoms. The number of H-pyrrole nitrogens is 1. The van der Waals surface area contributed by atoms with E-state index >= 15 is 0 Å². The molecule has 2 aliphatic rings. The molecule has 0 aliphatic carbocycles. The van der Waals surface area contributed by atoms with Crippen molar-refractivity contribution in [3.63, 3.8) is 0 Å². The van der Waals surface area contributed by atoms with Crippen molar-refractivity contribution in [1.82, 2.24) is 10.3 Å². The lowest BCUT2D eigenvalue weighted by atomic mass is 9.80. The molecule has 2 aliphatic heterocycles. The van der Waals surface area contributed by atoms with Gasteiger partial charge in [0.15, 0.2) is 17.3 Å². The number of carbonyl (C=O) groups is 1. The second-order valence-corrected chi connectivity index (χ2v) is 9.37. The normalized spacial score (nSPS) is 20.2. The molecule has 3 N–H and O–H groups in total. The molecule has 0 unspecified atom stereocenters. The summed E-state index contributed by atoms with van der Waals surface area (Å²) in [7, 11) is 1.65. The Morgan fingerprint density at radius 1 is 1.18 bits per heavy atom. The fraction of sp³-hybridized carbons (Fsp3) is 0.414. The Kier molecular flexibility index (Phi) is 8.05. The number of aromatic amines is 1. The first-order chi connectivity index (χ1) is 18.6. The van der Waals surface area contributed by atoms with Crippen LogP contribution in [0.5, 0.6) is 17.2 Å². The summed E-state index contributed by atoms with van der Waals surface area (Å²) in [5.74, 6) is 1.85. The zero-order valence-corrected chi connectivity index (χ0v) is 21.7. The average molecular weight is 523 g/mol. The number of hydrogen-bond donors (Lipinski definition) is 3. The van der Waals surface area contributed by atoms with Gasteiger partial charge >= 0.3 is 0 Å². The summed E-state index contributed by atoms with van der Waals surface area (Å²) in [6, 6.07) is 11.7. The van der Waals surface area contributed by atoms with Crippen molar-refractivity contribution in [2.75, 3.05) is 33.7 Å². The first kappa shape index (κ1) is 25.9. The fourth-order valence-corrected chi connectivity index (χ4v) is 5.15. The molecule has 38 heavy (non-hydrogen) atoms. The highest BCUT2D eigenvalue weighted by Gasteiger charge is 2.38. The van der Waals surface area contributed by atoms with Crippen molar-refractivity contribution >= 4 is 16.8 Å². The molecule has 5 rings (SSSR count). The van der Waals surface area contributed by atoms with Crippen LogP contribution in [-0.4, -0.2) is 55.9 Å². The lowest BCUT2D eigenvalue weighted by molar-refractivity contribution is -0.166. The Balaban J connectivity index is 1.34. The predicted molar refractivity (Wildman–Crippen MR) is 141 cm³/mol. The van der Waals surface area contributed by atoms with Gasteiger partial charge < -0.3 is 39.1 Å². The Hall–Kier alpha value is -3.69. The number of nitrogens with one attached hydrogen (secondary N) is 2. The molecule has 1 aromatic heterocycles. The molecule has 0 saturated carbocycles. The summed E-state index contributed by atoms with van der Waals surface area (Å²) in [5.41, 5.74) is 3.08. The topological polar surface area (TPSA) is 111 Å². The van der Waals surface area contributed by atoms with E-state index in [0.29, 0.717) is 43.9 Å². The maximum atomic E-state index is 13.3. The molecule has 0 bridgehead atoms. The standard InChI is InChI=1S/C29H34N2O7/c1-3-35-29-21(5-4-12-32)22(18-6-9-25-26(13-18)37-17-36-25)15-27(38-29)28(33)30-11-10-19-16-31-24-8-7-20(34-2)14-23(19)24/h6-9,13-16,21-22,29,31-32H,3-5,10-12,17H2,1-2H3,(H,30,33)/t21-,22+,29+/m0/s1. The van der Waals surface area contributed by atoms with E-state index in [1.807, 2.05) is 55.6 Å². The SMILES string of the molecule is CCO[C@@H]1OC(C(=O)NCCc2c[nH]c3ccc(OC)cc23)=C[C@H](c2ccc3c(c2)OCO3)[C@@H]1CCCO. The van der Waals surface area contributed by atoms with E-state index in [2.05, 4.69) is 10.3 Å². The van der Waals surface area contributed by atoms with Gasteiger partial charge in [0.05, 0.1) is 7.11 Å². The van der Waals surface area contributed by atoms with Gasteiger partial charge in [0, 0.05) is 48.7 Å². The van der Waals surface area contributed by atoms with E-state index in [9.17, 15) is 9.90 Å². The summed E-state index contributed by atoms with van der Waals surface area (Å²) >= 11 is 0. The molecule has 3 atom stereocenters. The minimum atomic E-state index is -0.617. The Labute approximate surface area is 221 Å². The van der Waals surface area contributed by atoms with Crippen molar-refractivity contribution < 1.29 is 33.6 Å². The molecule has 0 saturated heterocycles. The molecule has 0 radical (unpaired) electrons. The summed E-state index contributed by atoms with van der Waals surface area (Å²) in [4.78, 5) is 16.5. The number of aliphatic hydroxyl groups excluding tert-OH is 1. The van der Waals surface area contributed by atoms with Crippen LogP contribution in [-0.2, 0) is 20.7 Å². The van der Waals surface area contributed by atoms with Crippen molar-refractivity contribution in [1.29, 1.82) is 0 Å². The lowest BCUT2D eigenvalue weighted by Gasteiger charge is -2.37. The van der Waals surface area contributed by atoms with E-state index in [-0.39, 0.29) is 36.9 Å². The van der Waals surface area contributed by atoms with Gasteiger partial charge in [0.25, 0.3) is 5.91 Å². The number of amides is 1. The van der Waals surface area contributed by atoms with E-state index < -0.39 is 6.29 Å². The Bertz CT molecular complexity index is 1300. The summed E-state index contributed by atoms with van der Waals surface area (Å²) in [6.07, 6.45) is 5.12. The van der Waals surface area contributed by atoms with Gasteiger partial charge in [0.2, 0.25) is 13.1 Å². The zero-order valence-electron chi connectivity index (χ0n) is 21.7. The van der Waals surface area contributed by atoms with Gasteiger partial charge in [-0.2, -0.15) is 0 Å². The van der Waals surface area contributed by atoms with Crippen LogP contribution in [0.3, 0.4) is 0 Å². The van der Waals surface area contributed by atoms with Crippen LogP contribution >= 0.6 is 0 Å². The second-order valence-electron chi connectivity index (χ2n) is 9.37. The third kappa shape index (κ3) is 5.44. The van der Waals surface area contributed by atoms with E-state index in [1.54, 1.807) is 7.11 Å². The third-order valence-corrected chi connectivity index (χ3v) is 7.07. The molecule has 2 aromatic carbocycles. The highest BCUT2D eigenvalue weighted by atomic mass is 16.7. The number of hydrogen-bond acceptors (Lipinski definition) is 7. The molecule has 3 heterocycles. The maximum absolute atomic E-state index is 13.3. The molecule has 9 nitrogen and oxygen atoms in total. The van der Waals surface area contributed by atoms with Crippen LogP contribution in [0.15, 0.2) is 54.4 Å². The van der Waals surface area contributed by atoms with Crippen molar-refractivity contribution in [2.45, 2.75) is 38.4 Å². The largest absolute Gasteiger partial charge is 0.497 e. The van der Waals surface area contributed by atoms with Crippen molar-refractivity contribution in [3.8, 4) is 17.2 Å². The van der Waals surface area contributed by atoms with Crippen molar-refractivity contribution in [3.05, 3.63) is 65.6 Å². The smallest absolute Gasteiger partial charge is 0.286 e. The quantitative estimate of drug-likeness (QED) is 0.349. The van der Waals surface area contributed by atoms with Crippen LogP contribution in [0.2, 0.25) is 0 Å². The number of benzene rings is 2. The highest BCUT2D eigenvalue weighted by molar-refractivity contribution is 5.92. The van der Waals surface area contributed by atoms with Crippen LogP contribution in [0, 0.1) is 5.92 Å². The van der Waals surface area contributed by atoms with Gasteiger partial charge in [-0.25, -0.2) is 0 Å². The minimum Gasteiger partial charge on any atom is -0.497 e. The van der Waals surface area contributed by atoms with Crippen molar-refractivity contribution in [2.24, 2.45) is 5.92 Å². The second kappa shape index (κ2) is 11.8. The number of fused-ring (bicyclic) bond motifs is 2. The number of methoxy groups -OCH3 is 1. The first-order valence-corrected chi connectivity index (χ1v) is 13.0. The lowest BCUT2D eigenvalue weighted by Crippen LogP contribution is -2.39. The molecule has 1 amide bonds. The molecule has 0 fully saturated rings. The number of allylic oxidation sites excluding steroid dienone is 1. The van der Waals surface area contributed by atoms with Gasteiger partial charge in [-0.1, -0.05) is 6.07 Å². The first-order valence-electron chi connectivity index (χ1n) is 13.0. The molecule has 202 valence electrons. The monoisotopic (exact) mass is 522 g/mol. The van der Waals surface area contributed by atoms with E-state index in [4.69, 9.17) is 23.7 Å². The predicted octanol–water partition coefficient (Wildman–Crippen LogP) is 4.01. The van der Waals surface area contributed by atoms with E-state index in [1.165, 1.54) is 0 Å². The third-order valence-electron chi connectivity index (χ3n) is 7.07. The summed E-state index contributed by atoms with van der Waals surface area (Å²) in [6.45, 7) is 3.03. The highest BCUT2D eigenvalue weighted by Crippen LogP contribution is 2.42. The Morgan fingerprint density at radius 2 is 2.05 bits per heavy atom. The molecule has 3 aromatic rings. The maximum Gasteiger partial charge on any atom is 0.286 e. The van der Waals surface area contributed by atoms with Crippen LogP contribution in [0.25, 0.3) is 10.9 Å². The van der Waals surface area contributed by atoms with Gasteiger partial charge in [-0.15, -0.1) is 0 Å². The molecular formula is C29H34N2O7. The average Bonchev–Trinajstić information content (AvgIpc) is 3.58. The van der Waals surface area contributed by atoms with E-state index in [0.717, 1.165) is 27.8 Å². The fourth-order valence-electron chi connectivity index (χ4n) is 5.15. The van der Waals surface area contributed by atoms with Gasteiger partial charge in [-0.3, -0.25) is 4.79 Å². The van der Waals surface area contributed by atoms with Gasteiger partial charge in [-0.05, 0) is 73.7 Å². The minimum absolute atomic E-state index is 0.0694. The van der Waals surface area contributed by atoms with Crippen LogP contribution in [0.1, 0.15) is 36.8 Å². The van der Waals surface area contributed by atoms with Crippen LogP contribution in [0.4, 0.5) is 0 Å². The Morgan fingerprint density at radius 3 is 2.87 bits per heavy atom. The molecular weight excluding hydrogens is 488 g/mol. The number of aromatic nitrogens is 1. The number of carbonyl (C=O) groups excluding carboxylic acids is 1. The number of rotatable bonds is 11. The zero-order chi connectivity index (χ0) is 26.5. The number of aliphatic hydroxyl groups is 1. The van der Waals surface area contributed by atoms with Crippen LogP contribution < -0.4 is 19.5 Å². The van der Waals surface area contributed by atoms with Gasteiger partial charge in [0.1, 0.15) is 5.75 Å². The number of ether oxygens (including phenoxy) is 5. The molecule has 0 spiro atoms. The summed E-state index contributed by atoms with van der Waals surface area (Å²) in [5, 5.41) is 13.6. The summed E-state index contributed by atoms with van der Waals surface area (Å²) < 4.78 is 28.5.